The van der Waals surface area contributed by atoms with Gasteiger partial charge in [-0.3, -0.25) is 4.68 Å². The van der Waals surface area contributed by atoms with E-state index in [1.54, 1.807) is 16.8 Å². The van der Waals surface area contributed by atoms with Crippen LogP contribution < -0.4 is 5.32 Å². The summed E-state index contributed by atoms with van der Waals surface area (Å²) in [5.74, 6) is -0.904. The molecule has 0 amide bonds. The minimum Gasteiger partial charge on any atom is -0.478 e. The molecular formula is C14H17N3O2. The van der Waals surface area contributed by atoms with Crippen molar-refractivity contribution in [3.05, 3.63) is 46.8 Å². The Kier molecular flexibility index (Phi) is 3.55. The second kappa shape index (κ2) is 5.14. The van der Waals surface area contributed by atoms with Gasteiger partial charge in [-0.2, -0.15) is 5.10 Å². The molecule has 5 nitrogen and oxygen atoms in total. The van der Waals surface area contributed by atoms with E-state index in [0.29, 0.717) is 12.1 Å². The van der Waals surface area contributed by atoms with Gasteiger partial charge in [0.15, 0.2) is 0 Å². The van der Waals surface area contributed by atoms with E-state index in [4.69, 9.17) is 5.11 Å². The van der Waals surface area contributed by atoms with Gasteiger partial charge in [0.2, 0.25) is 0 Å². The Morgan fingerprint density at radius 1 is 1.42 bits per heavy atom. The van der Waals surface area contributed by atoms with E-state index in [2.05, 4.69) is 10.4 Å². The van der Waals surface area contributed by atoms with Crippen LogP contribution in [0.25, 0.3) is 0 Å². The summed E-state index contributed by atoms with van der Waals surface area (Å²) in [5, 5.41) is 16.6. The van der Waals surface area contributed by atoms with Gasteiger partial charge in [0, 0.05) is 31.0 Å². The summed E-state index contributed by atoms with van der Waals surface area (Å²) in [4.78, 5) is 11.1. The van der Waals surface area contributed by atoms with E-state index >= 15 is 0 Å². The standard InChI is InChI=1S/C14H17N3O2/c1-9-12(14(18)19)5-4-6-13(9)15-7-11-8-17(3)16-10(11)2/h4-6,8,15H,7H2,1-3H3,(H,18,19). The number of aromatic carboxylic acids is 1. The molecule has 0 aliphatic heterocycles. The highest BCUT2D eigenvalue weighted by molar-refractivity contribution is 5.91. The first-order valence-corrected chi connectivity index (χ1v) is 6.05. The molecule has 19 heavy (non-hydrogen) atoms. The number of hydrogen-bond acceptors (Lipinski definition) is 3. The summed E-state index contributed by atoms with van der Waals surface area (Å²) in [5.41, 5.74) is 3.98. The maximum atomic E-state index is 11.1. The fourth-order valence-corrected chi connectivity index (χ4v) is 2.07. The molecule has 0 aliphatic carbocycles. The van der Waals surface area contributed by atoms with Gasteiger partial charge in [-0.15, -0.1) is 0 Å². The second-order valence-electron chi connectivity index (χ2n) is 4.55. The largest absolute Gasteiger partial charge is 0.478 e. The van der Waals surface area contributed by atoms with E-state index < -0.39 is 5.97 Å². The van der Waals surface area contributed by atoms with E-state index in [9.17, 15) is 4.79 Å². The van der Waals surface area contributed by atoms with Crippen LogP contribution in [0, 0.1) is 13.8 Å². The minimum atomic E-state index is -0.904. The van der Waals surface area contributed by atoms with Gasteiger partial charge in [0.1, 0.15) is 0 Å². The Labute approximate surface area is 111 Å². The number of nitrogens with one attached hydrogen (secondary N) is 1. The van der Waals surface area contributed by atoms with Crippen molar-refractivity contribution in [2.75, 3.05) is 5.32 Å². The van der Waals surface area contributed by atoms with E-state index in [1.807, 2.05) is 33.2 Å². The molecule has 0 unspecified atom stereocenters. The minimum absolute atomic E-state index is 0.327. The molecule has 0 radical (unpaired) electrons. The summed E-state index contributed by atoms with van der Waals surface area (Å²) in [6.45, 7) is 4.39. The normalized spacial score (nSPS) is 10.5. The molecule has 0 spiro atoms. The lowest BCUT2D eigenvalue weighted by Crippen LogP contribution is -2.06. The molecule has 5 heteroatoms. The van der Waals surface area contributed by atoms with Crippen molar-refractivity contribution in [2.24, 2.45) is 7.05 Å². The first-order chi connectivity index (χ1) is 8.99. The molecule has 0 fully saturated rings. The first kappa shape index (κ1) is 13.1. The second-order valence-corrected chi connectivity index (χ2v) is 4.55. The van der Waals surface area contributed by atoms with Gasteiger partial charge in [0.25, 0.3) is 0 Å². The van der Waals surface area contributed by atoms with Crippen molar-refractivity contribution in [1.29, 1.82) is 0 Å². The lowest BCUT2D eigenvalue weighted by atomic mass is 10.1. The van der Waals surface area contributed by atoms with E-state index in [0.717, 1.165) is 22.5 Å². The predicted molar refractivity (Wildman–Crippen MR) is 73.4 cm³/mol. The molecule has 0 saturated carbocycles. The number of carbonyl (C=O) groups is 1. The zero-order valence-corrected chi connectivity index (χ0v) is 11.3. The predicted octanol–water partition coefficient (Wildman–Crippen LogP) is 2.35. The van der Waals surface area contributed by atoms with Crippen molar-refractivity contribution in [3.63, 3.8) is 0 Å². The monoisotopic (exact) mass is 259 g/mol. The SMILES string of the molecule is Cc1nn(C)cc1CNc1cccc(C(=O)O)c1C. The number of benzene rings is 1. The molecule has 2 aromatic rings. The van der Waals surface area contributed by atoms with Crippen molar-refractivity contribution >= 4 is 11.7 Å². The molecule has 0 atom stereocenters. The number of rotatable bonds is 4. The quantitative estimate of drug-likeness (QED) is 0.884. The highest BCUT2D eigenvalue weighted by atomic mass is 16.4. The third-order valence-electron chi connectivity index (χ3n) is 3.15. The maximum Gasteiger partial charge on any atom is 0.336 e. The number of aryl methyl sites for hydroxylation is 2. The zero-order chi connectivity index (χ0) is 14.0. The Hall–Kier alpha value is -2.30. The topological polar surface area (TPSA) is 67.2 Å². The lowest BCUT2D eigenvalue weighted by molar-refractivity contribution is 0.0696. The Bertz CT molecular complexity index is 617. The fourth-order valence-electron chi connectivity index (χ4n) is 2.07. The van der Waals surface area contributed by atoms with E-state index in [1.165, 1.54) is 0 Å². The average molecular weight is 259 g/mol. The Balaban J connectivity index is 2.18. The summed E-state index contributed by atoms with van der Waals surface area (Å²) in [6.07, 6.45) is 1.96. The summed E-state index contributed by atoms with van der Waals surface area (Å²) in [6, 6.07) is 5.24. The zero-order valence-electron chi connectivity index (χ0n) is 11.3. The Morgan fingerprint density at radius 2 is 2.16 bits per heavy atom. The van der Waals surface area contributed by atoms with Crippen LogP contribution in [0.15, 0.2) is 24.4 Å². The molecule has 0 bridgehead atoms. The van der Waals surface area contributed by atoms with Crippen LogP contribution in [0.2, 0.25) is 0 Å². The average Bonchev–Trinajstić information content (AvgIpc) is 2.66. The van der Waals surface area contributed by atoms with Gasteiger partial charge >= 0.3 is 5.97 Å². The molecule has 2 rings (SSSR count). The molecular weight excluding hydrogens is 242 g/mol. The third kappa shape index (κ3) is 2.76. The van der Waals surface area contributed by atoms with Crippen LogP contribution in [-0.4, -0.2) is 20.9 Å². The highest BCUT2D eigenvalue weighted by Gasteiger charge is 2.10. The fraction of sp³-hybridized carbons (Fsp3) is 0.286. The van der Waals surface area contributed by atoms with Crippen LogP contribution in [0.1, 0.15) is 27.2 Å². The van der Waals surface area contributed by atoms with Gasteiger partial charge in [-0.25, -0.2) is 4.79 Å². The number of anilines is 1. The number of nitrogens with zero attached hydrogens (tertiary/aromatic N) is 2. The molecule has 1 heterocycles. The number of hydrogen-bond donors (Lipinski definition) is 2. The van der Waals surface area contributed by atoms with Crippen molar-refractivity contribution in [3.8, 4) is 0 Å². The van der Waals surface area contributed by atoms with Gasteiger partial charge in [0.05, 0.1) is 11.3 Å². The first-order valence-electron chi connectivity index (χ1n) is 6.05. The molecule has 1 aromatic heterocycles. The molecule has 0 saturated heterocycles. The van der Waals surface area contributed by atoms with E-state index in [-0.39, 0.29) is 0 Å². The van der Waals surface area contributed by atoms with Gasteiger partial charge in [-0.05, 0) is 31.5 Å². The van der Waals surface area contributed by atoms with Gasteiger partial charge in [-0.1, -0.05) is 6.07 Å². The molecule has 2 N–H and O–H groups in total. The van der Waals surface area contributed by atoms with Crippen LogP contribution in [0.5, 0.6) is 0 Å². The lowest BCUT2D eigenvalue weighted by Gasteiger charge is -2.11. The van der Waals surface area contributed by atoms with Crippen LogP contribution in [0.4, 0.5) is 5.69 Å². The smallest absolute Gasteiger partial charge is 0.336 e. The van der Waals surface area contributed by atoms with Crippen LogP contribution in [0.3, 0.4) is 0 Å². The Morgan fingerprint density at radius 3 is 2.74 bits per heavy atom. The molecule has 0 aliphatic rings. The molecule has 100 valence electrons. The van der Waals surface area contributed by atoms with Crippen molar-refractivity contribution < 1.29 is 9.90 Å². The van der Waals surface area contributed by atoms with Crippen LogP contribution in [-0.2, 0) is 13.6 Å². The number of aromatic nitrogens is 2. The summed E-state index contributed by atoms with van der Waals surface area (Å²) >= 11 is 0. The van der Waals surface area contributed by atoms with Gasteiger partial charge < -0.3 is 10.4 Å². The molecule has 1 aromatic carbocycles. The summed E-state index contributed by atoms with van der Waals surface area (Å²) in [7, 11) is 1.88. The summed E-state index contributed by atoms with van der Waals surface area (Å²) < 4.78 is 1.77. The maximum absolute atomic E-state index is 11.1. The number of carboxylic acid groups (broad SMARTS) is 1. The van der Waals surface area contributed by atoms with Crippen molar-refractivity contribution in [2.45, 2.75) is 20.4 Å². The number of carboxylic acids is 1. The highest BCUT2D eigenvalue weighted by Crippen LogP contribution is 2.20. The van der Waals surface area contributed by atoms with Crippen LogP contribution >= 0.6 is 0 Å². The van der Waals surface area contributed by atoms with Crippen molar-refractivity contribution in [1.82, 2.24) is 9.78 Å². The third-order valence-corrected chi connectivity index (χ3v) is 3.15.